The van der Waals surface area contributed by atoms with E-state index in [0.29, 0.717) is 23.7 Å². The molecule has 4 heteroatoms. The van der Waals surface area contributed by atoms with Crippen LogP contribution in [0.3, 0.4) is 0 Å². The fourth-order valence-corrected chi connectivity index (χ4v) is 11.8. The van der Waals surface area contributed by atoms with Crippen molar-refractivity contribution in [2.45, 2.75) is 202 Å². The molecule has 3 saturated carbocycles. The van der Waals surface area contributed by atoms with Crippen LogP contribution in [0.25, 0.3) is 0 Å². The number of aliphatic carboxylic acids is 1. The highest BCUT2D eigenvalue weighted by molar-refractivity contribution is 5.79. The molecule has 0 aromatic rings. The minimum absolute atomic E-state index is 0.107. The minimum Gasteiger partial charge on any atom is -0.481 e. The minimum atomic E-state index is -0.920. The zero-order valence-electron chi connectivity index (χ0n) is 34.1. The van der Waals surface area contributed by atoms with E-state index in [4.69, 9.17) is 4.74 Å². The fourth-order valence-electron chi connectivity index (χ4n) is 11.8. The van der Waals surface area contributed by atoms with Crippen LogP contribution in [-0.4, -0.2) is 23.1 Å². The quantitative estimate of drug-likeness (QED) is 0.0652. The first-order chi connectivity index (χ1) is 24.5. The first kappa shape index (κ1) is 42.2. The molecule has 292 valence electrons. The Morgan fingerprint density at radius 1 is 0.784 bits per heavy atom. The molecule has 0 amide bonds. The van der Waals surface area contributed by atoms with Crippen molar-refractivity contribution < 1.29 is 19.4 Å². The molecular formula is C47H80O4. The van der Waals surface area contributed by atoms with E-state index in [-0.39, 0.29) is 23.9 Å². The highest BCUT2D eigenvalue weighted by atomic mass is 16.5. The number of carbonyl (C=O) groups excluding carboxylic acids is 1. The molecule has 3 fully saturated rings. The number of unbranched alkanes of at least 4 members (excludes halogenated alkanes) is 11. The van der Waals surface area contributed by atoms with E-state index in [0.717, 1.165) is 61.7 Å². The molecular weight excluding hydrogens is 629 g/mol. The lowest BCUT2D eigenvalue weighted by atomic mass is 9.46. The van der Waals surface area contributed by atoms with Gasteiger partial charge in [-0.2, -0.15) is 0 Å². The summed E-state index contributed by atoms with van der Waals surface area (Å²) in [6.45, 7) is 14.7. The SMILES string of the molecule is CCCCCCCCCCCCC/C=C/CC(CC(=O)O)C(=O)OC1CC[C@@]2(C)C(C=C[C@H]3[C@@H]4CC[C@H]([C@H](C)CCCC(C)C)[C@@]4(C)CC[C@@H]32)C1. The second kappa shape index (κ2) is 20.8. The average Bonchev–Trinajstić information content (AvgIpc) is 3.45. The van der Waals surface area contributed by atoms with E-state index in [2.05, 4.69) is 59.8 Å². The van der Waals surface area contributed by atoms with E-state index in [9.17, 15) is 14.7 Å². The number of esters is 1. The Morgan fingerprint density at radius 2 is 1.43 bits per heavy atom. The molecule has 1 N–H and O–H groups in total. The molecule has 51 heavy (non-hydrogen) atoms. The molecule has 0 radical (unpaired) electrons. The van der Waals surface area contributed by atoms with Gasteiger partial charge in [0.1, 0.15) is 6.10 Å². The number of fused-ring (bicyclic) bond motifs is 5. The standard InChI is InChI=1S/C47H80O4/c1-7-8-9-10-11-12-13-14-15-16-17-18-19-20-24-37(33-44(48)49)45(50)51-39-29-31-46(5)38(34-39)25-26-40-42-28-27-41(36(4)23-21-22-35(2)3)47(42,6)32-30-43(40)46/h19-20,25-26,35-43H,7-18,21-24,27-34H2,1-6H3,(H,48,49)/b20-19+/t36-,37?,38?,39?,40+,41-,42+,43+,46+,47-/m1/s1. The van der Waals surface area contributed by atoms with Gasteiger partial charge in [0.25, 0.3) is 0 Å². The number of carbonyl (C=O) groups is 2. The summed E-state index contributed by atoms with van der Waals surface area (Å²) in [4.78, 5) is 25.1. The van der Waals surface area contributed by atoms with Crippen LogP contribution >= 0.6 is 0 Å². The maximum atomic E-state index is 13.4. The van der Waals surface area contributed by atoms with E-state index >= 15 is 0 Å². The molecule has 4 nitrogen and oxygen atoms in total. The molecule has 4 rings (SSSR count). The summed E-state index contributed by atoms with van der Waals surface area (Å²) in [5.74, 6) is 3.32. The number of carboxylic acids is 1. The highest BCUT2D eigenvalue weighted by Crippen LogP contribution is 2.67. The van der Waals surface area contributed by atoms with Gasteiger partial charge in [0.05, 0.1) is 12.3 Å². The van der Waals surface area contributed by atoms with Gasteiger partial charge < -0.3 is 9.84 Å². The third kappa shape index (κ3) is 11.7. The van der Waals surface area contributed by atoms with Crippen molar-refractivity contribution in [2.24, 2.45) is 58.2 Å². The zero-order chi connectivity index (χ0) is 36.9. The molecule has 4 aliphatic rings. The summed E-state index contributed by atoms with van der Waals surface area (Å²) in [6, 6.07) is 0. The van der Waals surface area contributed by atoms with E-state index < -0.39 is 11.9 Å². The van der Waals surface area contributed by atoms with Gasteiger partial charge >= 0.3 is 11.9 Å². The van der Waals surface area contributed by atoms with Crippen LogP contribution in [0, 0.1) is 58.2 Å². The van der Waals surface area contributed by atoms with Crippen LogP contribution in [0.2, 0.25) is 0 Å². The van der Waals surface area contributed by atoms with Gasteiger partial charge in [0.15, 0.2) is 0 Å². The normalized spacial score (nSPS) is 32.8. The molecule has 10 atom stereocenters. The highest BCUT2D eigenvalue weighted by Gasteiger charge is 2.59. The summed E-state index contributed by atoms with van der Waals surface area (Å²) in [5, 5.41) is 9.60. The summed E-state index contributed by atoms with van der Waals surface area (Å²) < 4.78 is 6.16. The largest absolute Gasteiger partial charge is 0.481 e. The lowest BCUT2D eigenvalue weighted by Gasteiger charge is -2.59. The van der Waals surface area contributed by atoms with Crippen molar-refractivity contribution in [3.63, 3.8) is 0 Å². The molecule has 0 aromatic carbocycles. The number of carboxylic acid groups (broad SMARTS) is 1. The van der Waals surface area contributed by atoms with Gasteiger partial charge in [-0.15, -0.1) is 0 Å². The predicted octanol–water partition coefficient (Wildman–Crippen LogP) is 13.5. The van der Waals surface area contributed by atoms with E-state index in [1.807, 2.05) is 6.08 Å². The number of ether oxygens (including phenoxy) is 1. The van der Waals surface area contributed by atoms with Crippen LogP contribution in [0.4, 0.5) is 0 Å². The molecule has 0 aliphatic heterocycles. The number of rotatable bonds is 23. The van der Waals surface area contributed by atoms with Gasteiger partial charge in [-0.25, -0.2) is 0 Å². The van der Waals surface area contributed by atoms with Gasteiger partial charge in [0.2, 0.25) is 0 Å². The van der Waals surface area contributed by atoms with Crippen LogP contribution in [0.15, 0.2) is 24.3 Å². The maximum absolute atomic E-state index is 13.4. The summed E-state index contributed by atoms with van der Waals surface area (Å²) >= 11 is 0. The molecule has 0 heterocycles. The summed E-state index contributed by atoms with van der Waals surface area (Å²) in [7, 11) is 0. The lowest BCUT2D eigenvalue weighted by Crippen LogP contribution is -2.52. The lowest BCUT2D eigenvalue weighted by molar-refractivity contribution is -0.163. The van der Waals surface area contributed by atoms with Crippen molar-refractivity contribution in [2.75, 3.05) is 0 Å². The maximum Gasteiger partial charge on any atom is 0.310 e. The van der Waals surface area contributed by atoms with Crippen LogP contribution < -0.4 is 0 Å². The Hall–Kier alpha value is -1.58. The van der Waals surface area contributed by atoms with E-state index in [1.165, 1.54) is 109 Å². The second-order valence-corrected chi connectivity index (χ2v) is 19.0. The first-order valence-electron chi connectivity index (χ1n) is 22.2. The summed E-state index contributed by atoms with van der Waals surface area (Å²) in [6.07, 6.45) is 37.7. The Morgan fingerprint density at radius 3 is 2.10 bits per heavy atom. The van der Waals surface area contributed by atoms with Crippen LogP contribution in [0.5, 0.6) is 0 Å². The Labute approximate surface area is 314 Å². The molecule has 0 saturated heterocycles. The summed E-state index contributed by atoms with van der Waals surface area (Å²) in [5.41, 5.74) is 0.737. The monoisotopic (exact) mass is 709 g/mol. The zero-order valence-corrected chi connectivity index (χ0v) is 34.1. The van der Waals surface area contributed by atoms with Crippen LogP contribution in [0.1, 0.15) is 196 Å². The molecule has 0 spiro atoms. The molecule has 0 bridgehead atoms. The Kier molecular flexibility index (Phi) is 17.2. The topological polar surface area (TPSA) is 63.6 Å². The fraction of sp³-hybridized carbons (Fsp3) is 0.872. The number of allylic oxidation sites excluding steroid dienone is 4. The van der Waals surface area contributed by atoms with Crippen molar-refractivity contribution in [3.8, 4) is 0 Å². The second-order valence-electron chi connectivity index (χ2n) is 19.0. The number of hydrogen-bond donors (Lipinski definition) is 1. The van der Waals surface area contributed by atoms with E-state index in [1.54, 1.807) is 0 Å². The third-order valence-electron chi connectivity index (χ3n) is 14.9. The number of hydrogen-bond acceptors (Lipinski definition) is 3. The van der Waals surface area contributed by atoms with Crippen molar-refractivity contribution in [1.29, 1.82) is 0 Å². The van der Waals surface area contributed by atoms with Gasteiger partial charge in [-0.3, -0.25) is 9.59 Å². The predicted molar refractivity (Wildman–Crippen MR) is 213 cm³/mol. The first-order valence-corrected chi connectivity index (χ1v) is 22.2. The smallest absolute Gasteiger partial charge is 0.310 e. The van der Waals surface area contributed by atoms with Crippen molar-refractivity contribution >= 4 is 11.9 Å². The average molecular weight is 709 g/mol. The molecule has 4 aliphatic carbocycles. The molecule has 0 aromatic heterocycles. The molecule has 3 unspecified atom stereocenters. The van der Waals surface area contributed by atoms with Gasteiger partial charge in [0, 0.05) is 0 Å². The van der Waals surface area contributed by atoms with Crippen molar-refractivity contribution in [3.05, 3.63) is 24.3 Å². The third-order valence-corrected chi connectivity index (χ3v) is 14.9. The van der Waals surface area contributed by atoms with Crippen LogP contribution in [-0.2, 0) is 14.3 Å². The Bertz CT molecular complexity index is 1110. The Balaban J connectivity index is 1.22. The van der Waals surface area contributed by atoms with Gasteiger partial charge in [-0.1, -0.05) is 149 Å². The van der Waals surface area contributed by atoms with Gasteiger partial charge in [-0.05, 0) is 116 Å². The van der Waals surface area contributed by atoms with Crippen molar-refractivity contribution in [1.82, 2.24) is 0 Å².